The van der Waals surface area contributed by atoms with Gasteiger partial charge in [0.05, 0.1) is 0 Å². The standard InChI is InChI=1S/C10H16N.4ClH.Fe/c1-3-4-7-11-8-5-6-10(2)9-11;;;;;/h5-6,8-9H,3-4,7H2,1-2H3;4*1H;/q+1;;;;;+3/p-4. The molecule has 0 saturated heterocycles. The van der Waals surface area contributed by atoms with Gasteiger partial charge >= 0.3 is 49.6 Å². The molecule has 0 radical (unpaired) electrons. The van der Waals surface area contributed by atoms with Crippen LogP contribution >= 0.6 is 40.4 Å². The number of aromatic nitrogens is 1. The number of nitrogens with zero attached hydrogens (tertiary/aromatic N) is 1. The second-order valence-corrected chi connectivity index (χ2v) is 14.2. The molecule has 97 valence electrons. The monoisotopic (exact) mass is 346 g/mol. The van der Waals surface area contributed by atoms with Crippen LogP contribution < -0.4 is 4.57 Å². The number of rotatable bonds is 3. The third-order valence-electron chi connectivity index (χ3n) is 1.78. The van der Waals surface area contributed by atoms with Gasteiger partial charge in [-0.3, -0.25) is 0 Å². The average molecular weight is 348 g/mol. The molecule has 0 atom stereocenters. The van der Waals surface area contributed by atoms with E-state index in [-0.39, 0.29) is 0 Å². The van der Waals surface area contributed by atoms with E-state index in [0.717, 1.165) is 6.54 Å². The minimum absolute atomic E-state index is 1.15. The van der Waals surface area contributed by atoms with Crippen molar-refractivity contribution in [3.05, 3.63) is 30.1 Å². The van der Waals surface area contributed by atoms with E-state index < -0.39 is 9.20 Å². The molecule has 0 spiro atoms. The molecule has 0 fully saturated rings. The molecule has 0 aliphatic carbocycles. The summed E-state index contributed by atoms with van der Waals surface area (Å²) in [5.41, 5.74) is 1.34. The Labute approximate surface area is 117 Å². The molecule has 1 rings (SSSR count). The first-order valence-corrected chi connectivity index (χ1v) is 10.9. The molecule has 0 aromatic carbocycles. The Balaban J connectivity index is 0.000000385. The van der Waals surface area contributed by atoms with Crippen molar-refractivity contribution in [2.24, 2.45) is 0 Å². The molecule has 6 heteroatoms. The van der Waals surface area contributed by atoms with Crippen molar-refractivity contribution in [1.29, 1.82) is 0 Å². The van der Waals surface area contributed by atoms with Crippen molar-refractivity contribution in [3.8, 4) is 0 Å². The second-order valence-electron chi connectivity index (χ2n) is 3.28. The zero-order valence-electron chi connectivity index (χ0n) is 9.24. The van der Waals surface area contributed by atoms with Gasteiger partial charge in [0, 0.05) is 18.1 Å². The maximum absolute atomic E-state index is 4.95. The zero-order valence-corrected chi connectivity index (χ0v) is 13.4. The SMILES string of the molecule is CCCC[n+]1cccc(C)c1.[Cl][Fe-]([Cl])([Cl])[Cl]. The minimum atomic E-state index is -2.61. The average Bonchev–Trinajstić information content (AvgIpc) is 2.12. The van der Waals surface area contributed by atoms with Crippen molar-refractivity contribution in [1.82, 2.24) is 0 Å². The van der Waals surface area contributed by atoms with E-state index in [1.54, 1.807) is 0 Å². The van der Waals surface area contributed by atoms with Crippen molar-refractivity contribution >= 4 is 40.4 Å². The summed E-state index contributed by atoms with van der Waals surface area (Å²) in [6.45, 7) is 5.50. The van der Waals surface area contributed by atoms with Crippen LogP contribution in [-0.4, -0.2) is 0 Å². The summed E-state index contributed by atoms with van der Waals surface area (Å²) in [7, 11) is 17.2. The molecule has 1 aromatic rings. The van der Waals surface area contributed by atoms with Gasteiger partial charge in [-0.15, -0.1) is 0 Å². The van der Waals surface area contributed by atoms with Gasteiger partial charge in [0.25, 0.3) is 0 Å². The fourth-order valence-corrected chi connectivity index (χ4v) is 1.13. The van der Waals surface area contributed by atoms with Crippen molar-refractivity contribution < 1.29 is 13.8 Å². The van der Waals surface area contributed by atoms with Crippen LogP contribution in [0.2, 0.25) is 0 Å². The third kappa shape index (κ3) is 12.9. The molecule has 0 saturated carbocycles. The summed E-state index contributed by atoms with van der Waals surface area (Å²) >= 11 is 0. The van der Waals surface area contributed by atoms with E-state index >= 15 is 0 Å². The fraction of sp³-hybridized carbons (Fsp3) is 0.500. The Kier molecular flexibility index (Phi) is 9.31. The molecule has 1 nitrogen and oxygen atoms in total. The van der Waals surface area contributed by atoms with Crippen LogP contribution in [0.4, 0.5) is 0 Å². The van der Waals surface area contributed by atoms with Gasteiger partial charge in [0.15, 0.2) is 12.4 Å². The van der Waals surface area contributed by atoms with Crippen LogP contribution in [0.15, 0.2) is 24.5 Å². The Morgan fingerprint density at radius 2 is 1.81 bits per heavy atom. The Morgan fingerprint density at radius 3 is 2.25 bits per heavy atom. The predicted molar refractivity (Wildman–Crippen MR) is 69.7 cm³/mol. The van der Waals surface area contributed by atoms with E-state index in [1.165, 1.54) is 18.4 Å². The van der Waals surface area contributed by atoms with Crippen molar-refractivity contribution in [2.45, 2.75) is 33.2 Å². The molecule has 1 heterocycles. The molecule has 0 N–H and O–H groups in total. The molecule has 0 amide bonds. The van der Waals surface area contributed by atoms with E-state index in [9.17, 15) is 0 Å². The summed E-state index contributed by atoms with van der Waals surface area (Å²) in [6, 6.07) is 4.23. The summed E-state index contributed by atoms with van der Waals surface area (Å²) in [4.78, 5) is 0. The normalized spacial score (nSPS) is 11.6. The van der Waals surface area contributed by atoms with Crippen molar-refractivity contribution in [2.75, 3.05) is 0 Å². The summed E-state index contributed by atoms with van der Waals surface area (Å²) in [6.07, 6.45) is 6.85. The van der Waals surface area contributed by atoms with Gasteiger partial charge in [-0.25, -0.2) is 4.57 Å². The van der Waals surface area contributed by atoms with Gasteiger partial charge in [-0.1, -0.05) is 13.3 Å². The first-order chi connectivity index (χ1) is 7.33. The molecule has 16 heavy (non-hydrogen) atoms. The molecular formula is C10H16Cl4FeN. The Morgan fingerprint density at radius 1 is 1.25 bits per heavy atom. The van der Waals surface area contributed by atoms with Crippen LogP contribution in [-0.2, 0) is 15.7 Å². The predicted octanol–water partition coefficient (Wildman–Crippen LogP) is 4.84. The van der Waals surface area contributed by atoms with E-state index in [0.29, 0.717) is 0 Å². The van der Waals surface area contributed by atoms with Gasteiger partial charge in [-0.2, -0.15) is 0 Å². The van der Waals surface area contributed by atoms with E-state index in [4.69, 9.17) is 40.4 Å². The number of pyridine rings is 1. The maximum atomic E-state index is 4.95. The van der Waals surface area contributed by atoms with Crippen LogP contribution in [0.5, 0.6) is 0 Å². The quantitative estimate of drug-likeness (QED) is 0.544. The number of hydrogen-bond donors (Lipinski definition) is 0. The molecule has 0 bridgehead atoms. The Bertz CT molecular complexity index is 295. The van der Waals surface area contributed by atoms with Crippen molar-refractivity contribution in [3.63, 3.8) is 0 Å². The van der Waals surface area contributed by atoms with Gasteiger partial charge in [0.1, 0.15) is 6.54 Å². The molecule has 0 aliphatic heterocycles. The fourth-order valence-electron chi connectivity index (χ4n) is 1.13. The van der Waals surface area contributed by atoms with Crippen LogP contribution in [0.1, 0.15) is 25.3 Å². The first-order valence-electron chi connectivity index (χ1n) is 4.82. The first kappa shape index (κ1) is 16.8. The molecular weight excluding hydrogens is 332 g/mol. The number of aryl methyl sites for hydroxylation is 2. The van der Waals surface area contributed by atoms with Crippen LogP contribution in [0.3, 0.4) is 0 Å². The molecule has 0 aliphatic rings. The summed E-state index contributed by atoms with van der Waals surface area (Å²) in [5, 5.41) is 0. The number of hydrogen-bond acceptors (Lipinski definition) is 0. The number of halogens is 4. The Hall–Kier alpha value is 0.829. The molecule has 1 aromatic heterocycles. The van der Waals surface area contributed by atoms with Crippen LogP contribution in [0, 0.1) is 6.92 Å². The second kappa shape index (κ2) is 8.85. The molecule has 0 unspecified atom stereocenters. The topological polar surface area (TPSA) is 3.88 Å². The summed E-state index contributed by atoms with van der Waals surface area (Å²) < 4.78 is 2.25. The van der Waals surface area contributed by atoms with Gasteiger partial charge in [0.2, 0.25) is 0 Å². The van der Waals surface area contributed by atoms with E-state index in [1.807, 2.05) is 0 Å². The summed E-state index contributed by atoms with van der Waals surface area (Å²) in [5.74, 6) is 0. The number of unbranched alkanes of at least 4 members (excludes halogenated alkanes) is 1. The third-order valence-corrected chi connectivity index (χ3v) is 1.78. The van der Waals surface area contributed by atoms with E-state index in [2.05, 4.69) is 42.9 Å². The van der Waals surface area contributed by atoms with Crippen LogP contribution in [0.25, 0.3) is 0 Å². The van der Waals surface area contributed by atoms with Gasteiger partial charge < -0.3 is 0 Å². The zero-order chi connectivity index (χ0) is 12.6. The van der Waals surface area contributed by atoms with Gasteiger partial charge in [-0.05, 0) is 13.0 Å².